The minimum atomic E-state index is -0.936. The third-order valence-corrected chi connectivity index (χ3v) is 13.3. The summed E-state index contributed by atoms with van der Waals surface area (Å²) < 4.78 is 0. The van der Waals surface area contributed by atoms with Gasteiger partial charge in [0.2, 0.25) is 0 Å². The van der Waals surface area contributed by atoms with Gasteiger partial charge in [-0.15, -0.1) is 0 Å². The predicted molar refractivity (Wildman–Crippen MR) is 199 cm³/mol. The van der Waals surface area contributed by atoms with Crippen LogP contribution in [0.25, 0.3) is 0 Å². The maximum Gasteiger partial charge on any atom is 0.309 e. The molecular formula is C40H59NO4S2. The average Bonchev–Trinajstić information content (AvgIpc) is 3.06. The summed E-state index contributed by atoms with van der Waals surface area (Å²) in [6, 6.07) is 19.3. The first kappa shape index (κ1) is 38.0. The van der Waals surface area contributed by atoms with Crippen molar-refractivity contribution in [1.82, 2.24) is 0 Å². The van der Waals surface area contributed by atoms with Gasteiger partial charge in [0.1, 0.15) is 0 Å². The molecule has 0 aromatic heterocycles. The van der Waals surface area contributed by atoms with Crippen LogP contribution in [0.3, 0.4) is 0 Å². The Morgan fingerprint density at radius 3 is 2.30 bits per heavy atom. The fourth-order valence-electron chi connectivity index (χ4n) is 8.25. The molecular weight excluding hydrogens is 623 g/mol. The van der Waals surface area contributed by atoms with Crippen molar-refractivity contribution in [3.05, 3.63) is 83.4 Å². The van der Waals surface area contributed by atoms with Crippen LogP contribution in [-0.2, 0) is 23.4 Å². The molecule has 0 radical (unpaired) electrons. The average molecular weight is 682 g/mol. The van der Waals surface area contributed by atoms with Gasteiger partial charge in [0, 0.05) is 11.5 Å². The van der Waals surface area contributed by atoms with Crippen LogP contribution in [0.2, 0.25) is 0 Å². The molecule has 4 rings (SSSR count). The fraction of sp³-hybridized carbons (Fsp3) is 0.625. The zero-order valence-corrected chi connectivity index (χ0v) is 30.1. The molecule has 0 spiro atoms. The Morgan fingerprint density at radius 1 is 0.894 bits per heavy atom. The highest BCUT2D eigenvalue weighted by atomic mass is 33.1. The summed E-state index contributed by atoms with van der Waals surface area (Å²) in [5.41, 5.74) is 10.1. The number of nitrogens with two attached hydrogens (primary N) is 1. The van der Waals surface area contributed by atoms with Crippen LogP contribution in [0.15, 0.2) is 66.7 Å². The first-order chi connectivity index (χ1) is 22.9. The van der Waals surface area contributed by atoms with Gasteiger partial charge in [-0.3, -0.25) is 4.79 Å². The lowest BCUT2D eigenvalue weighted by Crippen LogP contribution is -2.38. The van der Waals surface area contributed by atoms with Crippen LogP contribution in [0.4, 0.5) is 0 Å². The van der Waals surface area contributed by atoms with Crippen molar-refractivity contribution < 1.29 is 20.1 Å². The summed E-state index contributed by atoms with van der Waals surface area (Å²) in [6.45, 7) is 2.13. The third kappa shape index (κ3) is 12.6. The Morgan fingerprint density at radius 2 is 1.60 bits per heavy atom. The van der Waals surface area contributed by atoms with Gasteiger partial charge in [-0.25, -0.2) is 0 Å². The number of aryl methyl sites for hydroxylation is 1. The molecule has 0 unspecified atom stereocenters. The number of allylic oxidation sites excluding steroid dienone is 1. The van der Waals surface area contributed by atoms with Gasteiger partial charge in [0.05, 0.1) is 18.1 Å². The molecule has 7 heteroatoms. The zero-order valence-electron chi connectivity index (χ0n) is 28.4. The van der Waals surface area contributed by atoms with Crippen LogP contribution >= 0.6 is 21.6 Å². The van der Waals surface area contributed by atoms with E-state index >= 15 is 0 Å². The lowest BCUT2D eigenvalue weighted by molar-refractivity contribution is -0.149. The first-order valence-corrected chi connectivity index (χ1v) is 20.6. The normalized spacial score (nSPS) is 25.8. The second-order valence-electron chi connectivity index (χ2n) is 14.2. The molecule has 0 amide bonds. The number of carboxylic acids is 1. The number of fused-ring (bicyclic) bond motifs is 1. The summed E-state index contributed by atoms with van der Waals surface area (Å²) in [6.07, 6.45) is 16.2. The highest BCUT2D eigenvalue weighted by Gasteiger charge is 2.37. The van der Waals surface area contributed by atoms with Crippen LogP contribution in [0.5, 0.6) is 0 Å². The zero-order chi connectivity index (χ0) is 33.4. The molecule has 1 aliphatic heterocycles. The summed E-state index contributed by atoms with van der Waals surface area (Å²) in [5, 5.41) is 32.1. The molecule has 2 aromatic rings. The molecule has 1 saturated carbocycles. The first-order valence-electron chi connectivity index (χ1n) is 18.2. The van der Waals surface area contributed by atoms with Crippen molar-refractivity contribution in [2.75, 3.05) is 12.3 Å². The number of aliphatic hydroxyl groups is 2. The molecule has 2 aliphatic rings. The van der Waals surface area contributed by atoms with E-state index in [0.717, 1.165) is 56.5 Å². The lowest BCUT2D eigenvalue weighted by Gasteiger charge is -2.35. The van der Waals surface area contributed by atoms with Crippen molar-refractivity contribution in [2.24, 2.45) is 41.2 Å². The van der Waals surface area contributed by atoms with E-state index in [2.05, 4.69) is 60.7 Å². The van der Waals surface area contributed by atoms with E-state index in [0.29, 0.717) is 30.7 Å². The van der Waals surface area contributed by atoms with Crippen molar-refractivity contribution in [1.29, 1.82) is 0 Å². The molecule has 1 fully saturated rings. The molecule has 5 N–H and O–H groups in total. The van der Waals surface area contributed by atoms with Crippen molar-refractivity contribution in [3.8, 4) is 0 Å². The van der Waals surface area contributed by atoms with E-state index < -0.39 is 24.1 Å². The van der Waals surface area contributed by atoms with E-state index in [9.17, 15) is 20.1 Å². The Kier molecular flexibility index (Phi) is 16.7. The second kappa shape index (κ2) is 20.7. The number of aliphatic hydroxyl groups excluding tert-OH is 2. The summed E-state index contributed by atoms with van der Waals surface area (Å²) in [5.74, 6) is 1.57. The quantitative estimate of drug-likeness (QED) is 0.131. The summed E-state index contributed by atoms with van der Waals surface area (Å²) in [4.78, 5) is 12.6. The van der Waals surface area contributed by atoms with Gasteiger partial charge in [0.25, 0.3) is 0 Å². The monoisotopic (exact) mass is 681 g/mol. The maximum atomic E-state index is 12.6. The van der Waals surface area contributed by atoms with Gasteiger partial charge in [-0.05, 0) is 111 Å². The number of hydrogen-bond donors (Lipinski definition) is 4. The van der Waals surface area contributed by atoms with Gasteiger partial charge in [0.15, 0.2) is 0 Å². The molecule has 7 atom stereocenters. The highest BCUT2D eigenvalue weighted by molar-refractivity contribution is 8.76. The van der Waals surface area contributed by atoms with E-state index in [-0.39, 0.29) is 11.8 Å². The smallest absolute Gasteiger partial charge is 0.309 e. The molecule has 0 saturated heterocycles. The minimum Gasteiger partial charge on any atom is -0.481 e. The van der Waals surface area contributed by atoms with E-state index in [4.69, 9.17) is 5.73 Å². The molecule has 0 bridgehead atoms. The largest absolute Gasteiger partial charge is 0.481 e. The number of aliphatic carboxylic acids is 1. The number of rotatable bonds is 12. The second-order valence-corrected chi connectivity index (χ2v) is 16.7. The van der Waals surface area contributed by atoms with E-state index in [1.165, 1.54) is 48.8 Å². The van der Waals surface area contributed by atoms with Gasteiger partial charge in [-0.1, -0.05) is 120 Å². The summed E-state index contributed by atoms with van der Waals surface area (Å²) >= 11 is 0. The van der Waals surface area contributed by atoms with Crippen molar-refractivity contribution in [3.63, 3.8) is 0 Å². The van der Waals surface area contributed by atoms with Crippen LogP contribution in [0, 0.1) is 35.5 Å². The number of carboxylic acid groups (broad SMARTS) is 1. The van der Waals surface area contributed by atoms with Crippen LogP contribution in [0.1, 0.15) is 94.2 Å². The molecule has 1 aliphatic carbocycles. The number of benzene rings is 2. The Labute approximate surface area is 292 Å². The van der Waals surface area contributed by atoms with Crippen molar-refractivity contribution >= 4 is 27.6 Å². The fourth-order valence-corrected chi connectivity index (χ4v) is 10.9. The molecule has 2 aromatic carbocycles. The highest BCUT2D eigenvalue weighted by Crippen LogP contribution is 2.40. The molecule has 47 heavy (non-hydrogen) atoms. The van der Waals surface area contributed by atoms with Crippen LogP contribution in [-0.4, -0.2) is 45.8 Å². The Balaban J connectivity index is 1.62. The minimum absolute atomic E-state index is 0.105. The topological polar surface area (TPSA) is 104 Å². The Hall–Kier alpha value is -1.77. The molecule has 5 nitrogen and oxygen atoms in total. The number of carbonyl (C=O) groups is 1. The predicted octanol–water partition coefficient (Wildman–Crippen LogP) is 8.71. The summed E-state index contributed by atoms with van der Waals surface area (Å²) in [7, 11) is 3.89. The molecule has 1 heterocycles. The van der Waals surface area contributed by atoms with Gasteiger partial charge < -0.3 is 21.1 Å². The maximum absolute atomic E-state index is 12.6. The van der Waals surface area contributed by atoms with E-state index in [1.807, 2.05) is 27.7 Å². The van der Waals surface area contributed by atoms with Crippen molar-refractivity contribution in [2.45, 2.75) is 108 Å². The van der Waals surface area contributed by atoms with Gasteiger partial charge in [-0.2, -0.15) is 0 Å². The Bertz CT molecular complexity index is 1200. The van der Waals surface area contributed by atoms with Gasteiger partial charge >= 0.3 is 5.97 Å². The number of hydrogen-bond acceptors (Lipinski definition) is 6. The van der Waals surface area contributed by atoms with Crippen LogP contribution < -0.4 is 5.73 Å². The molecule has 260 valence electrons. The standard InChI is InChI=1S/C40H59NO4S2/c1-29(42)39(40(44)45)38-22-21-32-15-8-9-16-35(32)27-46-47-28-36(25-30-11-4-2-5-12-30)33(19-20-34(38)23-24-41)17-10-18-37(43)26-31-13-6-3-7-14-31/h2,4-5,8-12,15-16,18,29,31,33-34,36-39,42-43H,3,6-7,13-14,17,19-28,41H2,1H3,(H,44,45)/b18-10-/t29-,33+,34-,36+,37-,38-,39-/m0/s1. The SMILES string of the molecule is C[C@H](O)[C@H](C(=O)O)[C@H]1CCc2ccccc2CSSC[C@@H](Cc2ccccc2)[C@H](C/C=C\[C@H](O)CC2CCCCC2)CC[C@H]1CCN. The lowest BCUT2D eigenvalue weighted by atomic mass is 9.71. The third-order valence-electron chi connectivity index (χ3n) is 10.9. The van der Waals surface area contributed by atoms with E-state index in [1.54, 1.807) is 6.92 Å².